The highest BCUT2D eigenvalue weighted by Crippen LogP contribution is 2.17. The number of carbonyl (C=O) groups excluding carboxylic acids is 2. The van der Waals surface area contributed by atoms with E-state index in [-0.39, 0.29) is 11.9 Å². The summed E-state index contributed by atoms with van der Waals surface area (Å²) in [6.07, 6.45) is 8.34. The summed E-state index contributed by atoms with van der Waals surface area (Å²) in [6.45, 7) is 6.50. The van der Waals surface area contributed by atoms with Gasteiger partial charge in [-0.15, -0.1) is 0 Å². The van der Waals surface area contributed by atoms with Crippen LogP contribution in [0.5, 0.6) is 0 Å². The molecule has 0 bridgehead atoms. The highest BCUT2D eigenvalue weighted by atomic mass is 16.2. The van der Waals surface area contributed by atoms with Gasteiger partial charge < -0.3 is 20.0 Å². The molecule has 0 aliphatic heterocycles. The van der Waals surface area contributed by atoms with Crippen LogP contribution in [0, 0.1) is 5.92 Å². The molecule has 1 aromatic rings. The molecule has 2 atom stereocenters. The molecule has 2 rings (SSSR count). The molecule has 0 spiro atoms. The van der Waals surface area contributed by atoms with E-state index in [1.54, 1.807) is 17.1 Å². The molecule has 138 valence electrons. The number of likely N-dealkylation sites (N-methyl/N-ethyl adjacent to an activating group) is 1. The number of amides is 1. The van der Waals surface area contributed by atoms with Gasteiger partial charge in [0.25, 0.3) is 5.91 Å². The van der Waals surface area contributed by atoms with E-state index < -0.39 is 6.04 Å². The molecule has 2 N–H and O–H groups in total. The van der Waals surface area contributed by atoms with E-state index in [4.69, 9.17) is 0 Å². The molecule has 0 saturated heterocycles. The topological polar surface area (TPSA) is 78.1 Å². The third kappa shape index (κ3) is 4.93. The van der Waals surface area contributed by atoms with Crippen molar-refractivity contribution in [2.24, 2.45) is 5.92 Å². The number of hydrogen-bond acceptors (Lipinski definition) is 4. The molecular weight excluding hydrogens is 328 g/mol. The summed E-state index contributed by atoms with van der Waals surface area (Å²) in [5.41, 5.74) is 6.89. The number of nitrogens with zero attached hydrogens (tertiary/aromatic N) is 2. The first-order chi connectivity index (χ1) is 12.5. The molecule has 6 nitrogen and oxygen atoms in total. The summed E-state index contributed by atoms with van der Waals surface area (Å²) in [5, 5.41) is 3.12. The lowest BCUT2D eigenvalue weighted by atomic mass is 10.0. The maximum atomic E-state index is 13.1. The van der Waals surface area contributed by atoms with Crippen LogP contribution >= 0.6 is 0 Å². The Morgan fingerprint density at radius 3 is 2.73 bits per heavy atom. The summed E-state index contributed by atoms with van der Waals surface area (Å²) in [4.78, 5) is 33.7. The lowest BCUT2D eigenvalue weighted by molar-refractivity contribution is -0.112. The van der Waals surface area contributed by atoms with Crippen LogP contribution in [0.25, 0.3) is 5.57 Å². The summed E-state index contributed by atoms with van der Waals surface area (Å²) in [6, 6.07) is -0.403. The van der Waals surface area contributed by atoms with Crippen molar-refractivity contribution in [1.82, 2.24) is 20.2 Å². The summed E-state index contributed by atoms with van der Waals surface area (Å²) >= 11 is 0. The van der Waals surface area contributed by atoms with Gasteiger partial charge in [-0.1, -0.05) is 25.3 Å². The van der Waals surface area contributed by atoms with Gasteiger partial charge in [0, 0.05) is 18.2 Å². The van der Waals surface area contributed by atoms with Gasteiger partial charge in [-0.3, -0.25) is 4.79 Å². The molecule has 26 heavy (non-hydrogen) atoms. The SMILES string of the molecule is CNC(C)CN(C(=O)c1cnc(C2=CC=C=C=C2)[nH]1)C(C=O)CC(C)C. The molecule has 1 aliphatic carbocycles. The average molecular weight is 354 g/mol. The lowest BCUT2D eigenvalue weighted by Gasteiger charge is -2.31. The van der Waals surface area contributed by atoms with Crippen LogP contribution in [0.3, 0.4) is 0 Å². The molecule has 1 aromatic heterocycles. The smallest absolute Gasteiger partial charge is 0.272 e. The maximum absolute atomic E-state index is 13.1. The summed E-state index contributed by atoms with van der Waals surface area (Å²) in [5.74, 6) is 0.667. The second-order valence-corrected chi connectivity index (χ2v) is 6.85. The minimum Gasteiger partial charge on any atom is -0.334 e. The fraction of sp³-hybridized carbons (Fsp3) is 0.450. The molecule has 0 aromatic carbocycles. The zero-order valence-corrected chi connectivity index (χ0v) is 15.7. The Morgan fingerprint density at radius 1 is 1.38 bits per heavy atom. The first kappa shape index (κ1) is 19.7. The minimum absolute atomic E-state index is 0.0650. The van der Waals surface area contributed by atoms with E-state index in [0.717, 1.165) is 11.9 Å². The number of rotatable bonds is 9. The van der Waals surface area contributed by atoms with Crippen LogP contribution in [-0.4, -0.2) is 52.7 Å². The Balaban J connectivity index is 2.26. The first-order valence-electron chi connectivity index (χ1n) is 8.83. The average Bonchev–Trinajstić information content (AvgIpc) is 3.14. The van der Waals surface area contributed by atoms with Crippen LogP contribution in [0.4, 0.5) is 0 Å². The number of imidazole rings is 1. The van der Waals surface area contributed by atoms with Crippen molar-refractivity contribution in [3.63, 3.8) is 0 Å². The van der Waals surface area contributed by atoms with E-state index >= 15 is 0 Å². The van der Waals surface area contributed by atoms with Gasteiger partial charge in [0.2, 0.25) is 0 Å². The number of aromatic nitrogens is 2. The number of hydrogen-bond donors (Lipinski definition) is 2. The number of aromatic amines is 1. The van der Waals surface area contributed by atoms with Crippen molar-refractivity contribution < 1.29 is 9.59 Å². The fourth-order valence-electron chi connectivity index (χ4n) is 2.72. The van der Waals surface area contributed by atoms with Crippen LogP contribution in [0.2, 0.25) is 0 Å². The third-order valence-corrected chi connectivity index (χ3v) is 4.23. The van der Waals surface area contributed by atoms with Crippen LogP contribution in [0.15, 0.2) is 35.9 Å². The van der Waals surface area contributed by atoms with Gasteiger partial charge in [0.05, 0.1) is 12.2 Å². The number of nitrogens with one attached hydrogen (secondary N) is 2. The predicted octanol–water partition coefficient (Wildman–Crippen LogP) is 2.34. The Labute approximate surface area is 154 Å². The fourth-order valence-corrected chi connectivity index (χ4v) is 2.72. The van der Waals surface area contributed by atoms with Crippen molar-refractivity contribution in [2.45, 2.75) is 39.3 Å². The van der Waals surface area contributed by atoms with Crippen molar-refractivity contribution in [1.29, 1.82) is 0 Å². The Bertz CT molecular complexity index is 777. The summed E-state index contributed by atoms with van der Waals surface area (Å²) in [7, 11) is 1.84. The van der Waals surface area contributed by atoms with Gasteiger partial charge in [0.15, 0.2) is 0 Å². The number of H-pyrrole nitrogens is 1. The molecule has 1 amide bonds. The molecule has 1 heterocycles. The zero-order chi connectivity index (χ0) is 19.1. The largest absolute Gasteiger partial charge is 0.334 e. The van der Waals surface area contributed by atoms with Crippen molar-refractivity contribution in [3.8, 4) is 0 Å². The predicted molar refractivity (Wildman–Crippen MR) is 102 cm³/mol. The number of allylic oxidation sites excluding steroid dienone is 4. The highest BCUT2D eigenvalue weighted by Gasteiger charge is 2.27. The monoisotopic (exact) mass is 354 g/mol. The quantitative estimate of drug-likeness (QED) is 0.527. The number of carbonyl (C=O) groups is 2. The maximum Gasteiger partial charge on any atom is 0.272 e. The number of aldehydes is 1. The molecule has 6 heteroatoms. The van der Waals surface area contributed by atoms with E-state index in [0.29, 0.717) is 30.4 Å². The normalized spacial score (nSPS) is 15.0. The molecule has 0 saturated carbocycles. The van der Waals surface area contributed by atoms with Crippen LogP contribution in [-0.2, 0) is 4.79 Å². The Morgan fingerprint density at radius 2 is 2.15 bits per heavy atom. The molecule has 0 fully saturated rings. The third-order valence-electron chi connectivity index (χ3n) is 4.23. The minimum atomic E-state index is -0.468. The van der Waals surface area contributed by atoms with E-state index in [9.17, 15) is 9.59 Å². The highest BCUT2D eigenvalue weighted by molar-refractivity contribution is 5.94. The standard InChI is InChI=1S/C20H26N4O2/c1-14(2)10-17(13-25)24(12-15(3)21-4)20(26)18-11-22-19(23-18)16-8-6-5-7-9-16/h6,8-9,11,13-15,17,21H,10,12H2,1-4H3,(H,22,23). The summed E-state index contributed by atoms with van der Waals surface area (Å²) < 4.78 is 0. The van der Waals surface area contributed by atoms with Gasteiger partial charge in [-0.2, -0.15) is 0 Å². The second kappa shape index (κ2) is 9.16. The van der Waals surface area contributed by atoms with E-state index in [1.807, 2.05) is 33.9 Å². The molecule has 0 radical (unpaired) electrons. The van der Waals surface area contributed by atoms with Crippen molar-refractivity contribution in [2.75, 3.05) is 13.6 Å². The Hall–Kier alpha value is -2.65. The van der Waals surface area contributed by atoms with Gasteiger partial charge in [-0.25, -0.2) is 4.98 Å². The second-order valence-electron chi connectivity index (χ2n) is 6.85. The van der Waals surface area contributed by atoms with Crippen molar-refractivity contribution in [3.05, 3.63) is 47.4 Å². The van der Waals surface area contributed by atoms with Crippen LogP contribution in [0.1, 0.15) is 43.5 Å². The lowest BCUT2D eigenvalue weighted by Crippen LogP contribution is -2.48. The van der Waals surface area contributed by atoms with Gasteiger partial charge >= 0.3 is 0 Å². The first-order valence-corrected chi connectivity index (χ1v) is 8.83. The molecule has 2 unspecified atom stereocenters. The van der Waals surface area contributed by atoms with Gasteiger partial charge in [0.1, 0.15) is 17.8 Å². The Kier molecular flexibility index (Phi) is 6.93. The van der Waals surface area contributed by atoms with Crippen LogP contribution < -0.4 is 5.32 Å². The van der Waals surface area contributed by atoms with Crippen molar-refractivity contribution >= 4 is 17.8 Å². The van der Waals surface area contributed by atoms with Gasteiger partial charge in [-0.05, 0) is 44.5 Å². The molecular formula is C20H26N4O2. The van der Waals surface area contributed by atoms with E-state index in [2.05, 4.69) is 26.7 Å². The zero-order valence-electron chi connectivity index (χ0n) is 15.7. The molecule has 1 aliphatic rings. The van der Waals surface area contributed by atoms with E-state index in [1.165, 1.54) is 6.20 Å².